The number of hydrogen-bond acceptors (Lipinski definition) is 4. The van der Waals surface area contributed by atoms with Crippen molar-refractivity contribution in [3.8, 4) is 0 Å². The molecule has 1 unspecified atom stereocenters. The van der Waals surface area contributed by atoms with Crippen LogP contribution in [0.15, 0.2) is 29.4 Å². The Hall–Kier alpha value is -2.08. The van der Waals surface area contributed by atoms with Gasteiger partial charge in [-0.25, -0.2) is 0 Å². The number of ether oxygens (including phenoxy) is 2. The van der Waals surface area contributed by atoms with Crippen LogP contribution in [-0.4, -0.2) is 32.2 Å². The van der Waals surface area contributed by atoms with Crippen LogP contribution >= 0.6 is 0 Å². The highest BCUT2D eigenvalue weighted by molar-refractivity contribution is 5.95. The van der Waals surface area contributed by atoms with Gasteiger partial charge in [0, 0.05) is 35.7 Å². The molecule has 2 heterocycles. The standard InChI is InChI=1S/C14H16N4O3/c15-17-16-8-10-6-13(19)18(9-10)12-3-1-2-11(7-12)14-20-4-5-21-14/h1-3,7,10,14H,4-6,8-9H2. The van der Waals surface area contributed by atoms with Crippen LogP contribution in [0.25, 0.3) is 10.4 Å². The zero-order valence-electron chi connectivity index (χ0n) is 11.5. The molecule has 7 heteroatoms. The van der Waals surface area contributed by atoms with Crippen LogP contribution in [0.2, 0.25) is 0 Å². The third-order valence-corrected chi connectivity index (χ3v) is 3.68. The lowest BCUT2D eigenvalue weighted by molar-refractivity contribution is -0.117. The predicted molar refractivity (Wildman–Crippen MR) is 75.6 cm³/mol. The highest BCUT2D eigenvalue weighted by Gasteiger charge is 2.30. The van der Waals surface area contributed by atoms with Crippen molar-refractivity contribution in [2.75, 3.05) is 31.2 Å². The number of carbonyl (C=O) groups is 1. The first-order valence-corrected chi connectivity index (χ1v) is 6.92. The van der Waals surface area contributed by atoms with Gasteiger partial charge in [-0.1, -0.05) is 17.2 Å². The van der Waals surface area contributed by atoms with Crippen LogP contribution in [0.4, 0.5) is 5.69 Å². The summed E-state index contributed by atoms with van der Waals surface area (Å²) in [6, 6.07) is 7.64. The second-order valence-corrected chi connectivity index (χ2v) is 5.16. The molecule has 0 spiro atoms. The number of amides is 1. The third kappa shape index (κ3) is 3.00. The van der Waals surface area contributed by atoms with E-state index in [1.165, 1.54) is 0 Å². The van der Waals surface area contributed by atoms with Gasteiger partial charge in [0.1, 0.15) is 0 Å². The van der Waals surface area contributed by atoms with E-state index in [2.05, 4.69) is 10.0 Å². The number of anilines is 1. The zero-order valence-corrected chi connectivity index (χ0v) is 11.5. The summed E-state index contributed by atoms with van der Waals surface area (Å²) < 4.78 is 11.0. The number of carbonyl (C=O) groups excluding carboxylic acids is 1. The van der Waals surface area contributed by atoms with Crippen LogP contribution in [0.1, 0.15) is 18.3 Å². The Morgan fingerprint density at radius 2 is 2.19 bits per heavy atom. The molecule has 0 aliphatic carbocycles. The molecule has 2 fully saturated rings. The minimum absolute atomic E-state index is 0.0542. The highest BCUT2D eigenvalue weighted by Crippen LogP contribution is 2.30. The van der Waals surface area contributed by atoms with Crippen LogP contribution in [0.3, 0.4) is 0 Å². The second kappa shape index (κ2) is 6.13. The molecule has 3 rings (SSSR count). The maximum Gasteiger partial charge on any atom is 0.227 e. The minimum atomic E-state index is -0.346. The summed E-state index contributed by atoms with van der Waals surface area (Å²) in [5.74, 6) is 0.134. The molecular weight excluding hydrogens is 272 g/mol. The molecule has 0 bridgehead atoms. The summed E-state index contributed by atoms with van der Waals surface area (Å²) >= 11 is 0. The molecule has 2 aliphatic heterocycles. The molecule has 110 valence electrons. The summed E-state index contributed by atoms with van der Waals surface area (Å²) in [6.45, 7) is 2.11. The van der Waals surface area contributed by atoms with Gasteiger partial charge in [-0.15, -0.1) is 0 Å². The van der Waals surface area contributed by atoms with Crippen molar-refractivity contribution in [1.82, 2.24) is 0 Å². The first-order valence-electron chi connectivity index (χ1n) is 6.92. The topological polar surface area (TPSA) is 87.5 Å². The van der Waals surface area contributed by atoms with Gasteiger partial charge in [-0.05, 0) is 23.6 Å². The van der Waals surface area contributed by atoms with E-state index in [0.29, 0.717) is 32.7 Å². The van der Waals surface area contributed by atoms with Crippen molar-refractivity contribution in [1.29, 1.82) is 0 Å². The van der Waals surface area contributed by atoms with Crippen molar-refractivity contribution in [3.05, 3.63) is 40.3 Å². The molecule has 0 saturated carbocycles. The van der Waals surface area contributed by atoms with Crippen molar-refractivity contribution in [2.24, 2.45) is 11.0 Å². The molecule has 0 aromatic heterocycles. The molecule has 1 amide bonds. The van der Waals surface area contributed by atoms with Crippen LogP contribution in [0, 0.1) is 5.92 Å². The molecule has 7 nitrogen and oxygen atoms in total. The Kier molecular flexibility index (Phi) is 4.06. The number of nitrogens with zero attached hydrogens (tertiary/aromatic N) is 4. The Morgan fingerprint density at radius 1 is 1.38 bits per heavy atom. The average Bonchev–Trinajstić information content (AvgIpc) is 3.15. The molecule has 2 saturated heterocycles. The molecule has 0 N–H and O–H groups in total. The molecule has 0 radical (unpaired) electrons. The minimum Gasteiger partial charge on any atom is -0.346 e. The van der Waals surface area contributed by atoms with Crippen molar-refractivity contribution < 1.29 is 14.3 Å². The van der Waals surface area contributed by atoms with E-state index in [1.807, 2.05) is 24.3 Å². The fourth-order valence-electron chi connectivity index (χ4n) is 2.70. The highest BCUT2D eigenvalue weighted by atomic mass is 16.7. The Labute approximate surface area is 122 Å². The quantitative estimate of drug-likeness (QED) is 0.484. The van der Waals surface area contributed by atoms with Gasteiger partial charge in [0.2, 0.25) is 5.91 Å². The van der Waals surface area contributed by atoms with Gasteiger partial charge in [0.25, 0.3) is 0 Å². The Balaban J connectivity index is 1.75. The van der Waals surface area contributed by atoms with Crippen LogP contribution in [0.5, 0.6) is 0 Å². The van der Waals surface area contributed by atoms with E-state index in [-0.39, 0.29) is 18.1 Å². The van der Waals surface area contributed by atoms with E-state index in [4.69, 9.17) is 15.0 Å². The van der Waals surface area contributed by atoms with E-state index >= 15 is 0 Å². The molecule has 21 heavy (non-hydrogen) atoms. The second-order valence-electron chi connectivity index (χ2n) is 5.16. The molecule has 2 aliphatic rings. The van der Waals surface area contributed by atoms with Gasteiger partial charge < -0.3 is 14.4 Å². The first-order chi connectivity index (χ1) is 10.3. The number of hydrogen-bond donors (Lipinski definition) is 0. The van der Waals surface area contributed by atoms with Gasteiger partial charge in [-0.2, -0.15) is 0 Å². The van der Waals surface area contributed by atoms with Gasteiger partial charge in [0.05, 0.1) is 13.2 Å². The van der Waals surface area contributed by atoms with Crippen LogP contribution in [-0.2, 0) is 14.3 Å². The summed E-state index contributed by atoms with van der Waals surface area (Å²) in [6.07, 6.45) is 0.0706. The summed E-state index contributed by atoms with van der Waals surface area (Å²) in [7, 11) is 0. The Bertz CT molecular complexity index is 579. The number of azide groups is 1. The SMILES string of the molecule is [N-]=[N+]=NCC1CC(=O)N(c2cccc(C3OCCO3)c2)C1. The van der Waals surface area contributed by atoms with E-state index in [0.717, 1.165) is 11.3 Å². The number of benzene rings is 1. The summed E-state index contributed by atoms with van der Waals surface area (Å²) in [4.78, 5) is 16.6. The lowest BCUT2D eigenvalue weighted by Gasteiger charge is -2.18. The maximum atomic E-state index is 12.1. The fraction of sp³-hybridized carbons (Fsp3) is 0.500. The lowest BCUT2D eigenvalue weighted by Crippen LogP contribution is -2.24. The van der Waals surface area contributed by atoms with Crippen molar-refractivity contribution >= 4 is 11.6 Å². The monoisotopic (exact) mass is 288 g/mol. The van der Waals surface area contributed by atoms with Crippen LogP contribution < -0.4 is 4.90 Å². The van der Waals surface area contributed by atoms with E-state index < -0.39 is 0 Å². The normalized spacial score (nSPS) is 22.6. The van der Waals surface area contributed by atoms with E-state index in [1.54, 1.807) is 4.90 Å². The van der Waals surface area contributed by atoms with E-state index in [9.17, 15) is 4.79 Å². The largest absolute Gasteiger partial charge is 0.346 e. The number of rotatable bonds is 4. The Morgan fingerprint density at radius 3 is 2.95 bits per heavy atom. The first kappa shape index (κ1) is 13.9. The summed E-state index contributed by atoms with van der Waals surface area (Å²) in [5, 5.41) is 3.56. The fourth-order valence-corrected chi connectivity index (χ4v) is 2.70. The predicted octanol–water partition coefficient (Wildman–Crippen LogP) is 2.40. The lowest BCUT2D eigenvalue weighted by atomic mass is 10.1. The van der Waals surface area contributed by atoms with Crippen molar-refractivity contribution in [2.45, 2.75) is 12.7 Å². The average molecular weight is 288 g/mol. The molecular formula is C14H16N4O3. The van der Waals surface area contributed by atoms with Gasteiger partial charge >= 0.3 is 0 Å². The summed E-state index contributed by atoms with van der Waals surface area (Å²) in [5.41, 5.74) is 10.1. The molecule has 1 aromatic rings. The zero-order chi connectivity index (χ0) is 14.7. The van der Waals surface area contributed by atoms with Gasteiger partial charge in [-0.3, -0.25) is 4.79 Å². The molecule has 1 aromatic carbocycles. The maximum absolute atomic E-state index is 12.1. The third-order valence-electron chi connectivity index (χ3n) is 3.68. The molecule has 1 atom stereocenters. The van der Waals surface area contributed by atoms with Gasteiger partial charge in [0.15, 0.2) is 6.29 Å². The smallest absolute Gasteiger partial charge is 0.227 e. The van der Waals surface area contributed by atoms with Crippen molar-refractivity contribution in [3.63, 3.8) is 0 Å².